The smallest absolute Gasteiger partial charge is 0.129 e. The minimum Gasteiger partial charge on any atom is -0.387 e. The molecule has 0 spiro atoms. The van der Waals surface area contributed by atoms with Crippen molar-refractivity contribution in [3.63, 3.8) is 0 Å². The van der Waals surface area contributed by atoms with Gasteiger partial charge >= 0.3 is 0 Å². The molecule has 2 nitrogen and oxygen atoms in total. The summed E-state index contributed by atoms with van der Waals surface area (Å²) in [4.78, 5) is 0. The van der Waals surface area contributed by atoms with Gasteiger partial charge in [0, 0.05) is 23.9 Å². The second-order valence-electron chi connectivity index (χ2n) is 4.01. The number of benzene rings is 1. The zero-order valence-electron chi connectivity index (χ0n) is 10.3. The number of nitrogens with one attached hydrogen (secondary N) is 1. The Balaban J connectivity index is 2.49. The number of halogens is 1. The van der Waals surface area contributed by atoms with Gasteiger partial charge in [-0.25, -0.2) is 4.39 Å². The third-order valence-corrected chi connectivity index (χ3v) is 3.46. The van der Waals surface area contributed by atoms with Gasteiger partial charge < -0.3 is 10.4 Å². The van der Waals surface area contributed by atoms with Gasteiger partial charge in [-0.15, -0.1) is 0 Å². The average Bonchev–Trinajstić information content (AvgIpc) is 2.34. The molecule has 0 radical (unpaired) electrons. The molecule has 0 aliphatic rings. The van der Waals surface area contributed by atoms with E-state index in [1.807, 2.05) is 0 Å². The van der Waals surface area contributed by atoms with Crippen molar-refractivity contribution in [2.24, 2.45) is 0 Å². The van der Waals surface area contributed by atoms with E-state index in [1.54, 1.807) is 30.0 Å². The maximum Gasteiger partial charge on any atom is 0.129 e. The summed E-state index contributed by atoms with van der Waals surface area (Å²) in [6.45, 7) is 2.49. The molecule has 0 amide bonds. The van der Waals surface area contributed by atoms with E-state index in [0.29, 0.717) is 18.2 Å². The van der Waals surface area contributed by atoms with Crippen LogP contribution >= 0.6 is 11.8 Å². The Labute approximate surface area is 107 Å². The lowest BCUT2D eigenvalue weighted by Gasteiger charge is -2.19. The molecule has 0 saturated heterocycles. The van der Waals surface area contributed by atoms with Gasteiger partial charge in [0.1, 0.15) is 5.82 Å². The van der Waals surface area contributed by atoms with E-state index in [1.165, 1.54) is 6.07 Å². The fraction of sp³-hybridized carbons (Fsp3) is 0.538. The van der Waals surface area contributed by atoms with E-state index in [2.05, 4.69) is 18.5 Å². The van der Waals surface area contributed by atoms with Crippen LogP contribution in [-0.4, -0.2) is 29.7 Å². The number of rotatable bonds is 7. The molecular formula is C13H20FNOS. The molecule has 1 rings (SSSR count). The standard InChI is InChI=1S/C13H20FNOS/c1-3-10(9-17-2)15-8-13(16)11-6-4-5-7-12(11)14/h4-7,10,13,15-16H,3,8-9H2,1-2H3. The second kappa shape index (κ2) is 7.69. The first-order valence-corrected chi connectivity index (χ1v) is 7.23. The molecule has 1 aromatic carbocycles. The number of aliphatic hydroxyl groups excluding tert-OH is 1. The Morgan fingerprint density at radius 3 is 2.71 bits per heavy atom. The van der Waals surface area contributed by atoms with Crippen LogP contribution < -0.4 is 5.32 Å². The lowest BCUT2D eigenvalue weighted by atomic mass is 10.1. The summed E-state index contributed by atoms with van der Waals surface area (Å²) < 4.78 is 13.4. The fourth-order valence-corrected chi connectivity index (χ4v) is 2.41. The molecule has 0 fully saturated rings. The van der Waals surface area contributed by atoms with Crippen LogP contribution in [0.4, 0.5) is 4.39 Å². The lowest BCUT2D eigenvalue weighted by Crippen LogP contribution is -2.34. The van der Waals surface area contributed by atoms with E-state index < -0.39 is 6.10 Å². The topological polar surface area (TPSA) is 32.3 Å². The molecule has 17 heavy (non-hydrogen) atoms. The quantitative estimate of drug-likeness (QED) is 0.787. The highest BCUT2D eigenvalue weighted by molar-refractivity contribution is 7.98. The highest BCUT2D eigenvalue weighted by atomic mass is 32.2. The number of thioether (sulfide) groups is 1. The van der Waals surface area contributed by atoms with Crippen molar-refractivity contribution < 1.29 is 9.50 Å². The first-order chi connectivity index (χ1) is 8.19. The molecule has 2 atom stereocenters. The molecule has 0 saturated carbocycles. The lowest BCUT2D eigenvalue weighted by molar-refractivity contribution is 0.166. The molecule has 0 heterocycles. The Bertz CT molecular complexity index is 335. The number of aliphatic hydroxyl groups is 1. The van der Waals surface area contributed by atoms with Crippen LogP contribution in [0.2, 0.25) is 0 Å². The molecule has 1 aromatic rings. The van der Waals surface area contributed by atoms with Crippen LogP contribution in [0.5, 0.6) is 0 Å². The van der Waals surface area contributed by atoms with Gasteiger partial charge in [-0.2, -0.15) is 11.8 Å². The van der Waals surface area contributed by atoms with Crippen LogP contribution in [0.25, 0.3) is 0 Å². The normalized spacial score (nSPS) is 14.6. The molecular weight excluding hydrogens is 237 g/mol. The number of hydrogen-bond donors (Lipinski definition) is 2. The van der Waals surface area contributed by atoms with E-state index in [0.717, 1.165) is 12.2 Å². The monoisotopic (exact) mass is 257 g/mol. The SMILES string of the molecule is CCC(CSC)NCC(O)c1ccccc1F. The molecule has 2 N–H and O–H groups in total. The van der Waals surface area contributed by atoms with Gasteiger partial charge in [0.05, 0.1) is 6.10 Å². The highest BCUT2D eigenvalue weighted by Gasteiger charge is 2.13. The summed E-state index contributed by atoms with van der Waals surface area (Å²) in [5.74, 6) is 0.653. The highest BCUT2D eigenvalue weighted by Crippen LogP contribution is 2.16. The summed E-state index contributed by atoms with van der Waals surface area (Å²) in [6, 6.07) is 6.73. The van der Waals surface area contributed by atoms with Crippen molar-refractivity contribution in [3.05, 3.63) is 35.6 Å². The average molecular weight is 257 g/mol. The molecule has 0 aliphatic heterocycles. The molecule has 0 aromatic heterocycles. The van der Waals surface area contributed by atoms with Crippen LogP contribution in [0.3, 0.4) is 0 Å². The van der Waals surface area contributed by atoms with Crippen molar-refractivity contribution in [1.29, 1.82) is 0 Å². The van der Waals surface area contributed by atoms with Gasteiger partial charge in [-0.1, -0.05) is 25.1 Å². The van der Waals surface area contributed by atoms with E-state index in [9.17, 15) is 9.50 Å². The number of hydrogen-bond acceptors (Lipinski definition) is 3. The first-order valence-electron chi connectivity index (χ1n) is 5.83. The molecule has 0 bridgehead atoms. The van der Waals surface area contributed by atoms with Gasteiger partial charge in [-0.05, 0) is 18.7 Å². The summed E-state index contributed by atoms with van der Waals surface area (Å²) in [5.41, 5.74) is 0.360. The largest absolute Gasteiger partial charge is 0.387 e. The van der Waals surface area contributed by atoms with E-state index in [4.69, 9.17) is 0 Å². The van der Waals surface area contributed by atoms with Gasteiger partial charge in [0.15, 0.2) is 0 Å². The minimum atomic E-state index is -0.785. The first kappa shape index (κ1) is 14.5. The fourth-order valence-electron chi connectivity index (χ4n) is 1.66. The molecule has 96 valence electrons. The Kier molecular flexibility index (Phi) is 6.55. The summed E-state index contributed by atoms with van der Waals surface area (Å²) in [6.07, 6.45) is 2.27. The maximum atomic E-state index is 13.4. The Morgan fingerprint density at radius 2 is 2.12 bits per heavy atom. The van der Waals surface area contributed by atoms with Gasteiger partial charge in [0.2, 0.25) is 0 Å². The third-order valence-electron chi connectivity index (χ3n) is 2.72. The summed E-state index contributed by atoms with van der Waals surface area (Å²) in [5, 5.41) is 13.2. The van der Waals surface area contributed by atoms with Crippen molar-refractivity contribution >= 4 is 11.8 Å². The van der Waals surface area contributed by atoms with Gasteiger partial charge in [0.25, 0.3) is 0 Å². The van der Waals surface area contributed by atoms with E-state index >= 15 is 0 Å². The van der Waals surface area contributed by atoms with Crippen LogP contribution in [0.15, 0.2) is 24.3 Å². The van der Waals surface area contributed by atoms with Crippen LogP contribution in [0.1, 0.15) is 25.0 Å². The molecule has 2 unspecified atom stereocenters. The maximum absolute atomic E-state index is 13.4. The van der Waals surface area contributed by atoms with Gasteiger partial charge in [-0.3, -0.25) is 0 Å². The Hall–Kier alpha value is -0.580. The van der Waals surface area contributed by atoms with Crippen molar-refractivity contribution in [3.8, 4) is 0 Å². The predicted molar refractivity (Wildman–Crippen MR) is 71.8 cm³/mol. The zero-order valence-corrected chi connectivity index (χ0v) is 11.1. The second-order valence-corrected chi connectivity index (χ2v) is 4.92. The summed E-state index contributed by atoms with van der Waals surface area (Å²) in [7, 11) is 0. The summed E-state index contributed by atoms with van der Waals surface area (Å²) >= 11 is 1.77. The third kappa shape index (κ3) is 4.66. The van der Waals surface area contributed by atoms with Crippen LogP contribution in [-0.2, 0) is 0 Å². The Morgan fingerprint density at radius 1 is 1.41 bits per heavy atom. The predicted octanol–water partition coefficient (Wildman–Crippen LogP) is 2.59. The van der Waals surface area contributed by atoms with Crippen LogP contribution in [0, 0.1) is 5.82 Å². The van der Waals surface area contributed by atoms with Crippen molar-refractivity contribution in [2.75, 3.05) is 18.6 Å². The van der Waals surface area contributed by atoms with Crippen molar-refractivity contribution in [1.82, 2.24) is 5.32 Å². The van der Waals surface area contributed by atoms with E-state index in [-0.39, 0.29) is 5.82 Å². The molecule has 0 aliphatic carbocycles. The minimum absolute atomic E-state index is 0.347. The van der Waals surface area contributed by atoms with Crippen molar-refractivity contribution in [2.45, 2.75) is 25.5 Å². The molecule has 4 heteroatoms. The zero-order chi connectivity index (χ0) is 12.7.